The van der Waals surface area contributed by atoms with Crippen LogP contribution in [0.25, 0.3) is 27.1 Å². The molecule has 39 heavy (non-hydrogen) atoms. The van der Waals surface area contributed by atoms with Crippen molar-refractivity contribution in [2.45, 2.75) is 57.8 Å². The molecule has 0 aliphatic rings. The van der Waals surface area contributed by atoms with Gasteiger partial charge in [0.25, 0.3) is 0 Å². The summed E-state index contributed by atoms with van der Waals surface area (Å²) in [4.78, 5) is 3.38. The van der Waals surface area contributed by atoms with Crippen LogP contribution in [0.2, 0.25) is 0 Å². The standard InChI is InChI=1S/C35H32F2N2/c1-39-31-19-17-30(18-20-31)33-22-14-27(24-35(33)37)10-8-6-4-2-3-5-7-9-26-13-21-32(34(36)23-26)29-15-11-28(25-38)12-16-29/h11-24H,2-10H2. The zero-order chi connectivity index (χ0) is 27.5. The molecule has 0 radical (unpaired) electrons. The summed E-state index contributed by atoms with van der Waals surface area (Å²) in [5.74, 6) is -0.436. The van der Waals surface area contributed by atoms with Crippen molar-refractivity contribution in [1.29, 1.82) is 5.26 Å². The van der Waals surface area contributed by atoms with Gasteiger partial charge < -0.3 is 0 Å². The van der Waals surface area contributed by atoms with E-state index in [-0.39, 0.29) is 11.6 Å². The van der Waals surface area contributed by atoms with Crippen molar-refractivity contribution >= 4 is 5.69 Å². The van der Waals surface area contributed by atoms with Crippen molar-refractivity contribution in [3.05, 3.63) is 125 Å². The molecule has 0 aliphatic heterocycles. The Kier molecular flexibility index (Phi) is 9.98. The minimum absolute atomic E-state index is 0.216. The number of unbranched alkanes of at least 4 members (excludes halogenated alkanes) is 6. The van der Waals surface area contributed by atoms with Crippen LogP contribution in [0, 0.1) is 29.5 Å². The van der Waals surface area contributed by atoms with E-state index in [1.165, 1.54) is 19.3 Å². The summed E-state index contributed by atoms with van der Waals surface area (Å²) in [5.41, 5.74) is 5.86. The molecule has 2 nitrogen and oxygen atoms in total. The molecule has 196 valence electrons. The quantitative estimate of drug-likeness (QED) is 0.135. The molecular weight excluding hydrogens is 486 g/mol. The summed E-state index contributed by atoms with van der Waals surface area (Å²) in [5, 5.41) is 8.92. The number of nitriles is 1. The van der Waals surface area contributed by atoms with Gasteiger partial charge in [0.15, 0.2) is 5.69 Å². The molecule has 4 aromatic carbocycles. The second-order valence-electron chi connectivity index (χ2n) is 9.95. The number of nitrogens with zero attached hydrogens (tertiary/aromatic N) is 2. The highest BCUT2D eigenvalue weighted by atomic mass is 19.1. The number of aryl methyl sites for hydroxylation is 2. The Morgan fingerprint density at radius 1 is 0.590 bits per heavy atom. The minimum Gasteiger partial charge on any atom is -0.238 e. The van der Waals surface area contributed by atoms with E-state index < -0.39 is 0 Å². The first-order valence-corrected chi connectivity index (χ1v) is 13.6. The minimum atomic E-state index is -0.220. The molecule has 0 bridgehead atoms. The van der Waals surface area contributed by atoms with E-state index in [1.54, 1.807) is 60.7 Å². The topological polar surface area (TPSA) is 28.1 Å². The van der Waals surface area contributed by atoms with Crippen LogP contribution < -0.4 is 0 Å². The van der Waals surface area contributed by atoms with Crippen LogP contribution in [-0.2, 0) is 12.8 Å². The van der Waals surface area contributed by atoms with Crippen molar-refractivity contribution < 1.29 is 8.78 Å². The largest absolute Gasteiger partial charge is 0.238 e. The summed E-state index contributed by atoms with van der Waals surface area (Å²) >= 11 is 0. The van der Waals surface area contributed by atoms with E-state index in [2.05, 4.69) is 10.9 Å². The van der Waals surface area contributed by atoms with Crippen LogP contribution in [-0.4, -0.2) is 0 Å². The predicted molar refractivity (Wildman–Crippen MR) is 154 cm³/mol. The molecule has 4 heteroatoms. The SMILES string of the molecule is [C-]#[N+]c1ccc(-c2ccc(CCCCCCCCCc3ccc(-c4ccc(C#N)cc4)c(F)c3)cc2F)cc1. The zero-order valence-electron chi connectivity index (χ0n) is 22.1. The Bertz CT molecular complexity index is 1350. The maximum absolute atomic E-state index is 14.6. The van der Waals surface area contributed by atoms with Crippen LogP contribution in [0.5, 0.6) is 0 Å². The lowest BCUT2D eigenvalue weighted by atomic mass is 9.99. The van der Waals surface area contributed by atoms with Gasteiger partial charge in [0.2, 0.25) is 0 Å². The number of benzene rings is 4. The maximum Gasteiger partial charge on any atom is 0.187 e. The smallest absolute Gasteiger partial charge is 0.187 e. The lowest BCUT2D eigenvalue weighted by Crippen LogP contribution is -1.92. The van der Waals surface area contributed by atoms with Crippen molar-refractivity contribution in [1.82, 2.24) is 0 Å². The normalized spacial score (nSPS) is 10.7. The van der Waals surface area contributed by atoms with Gasteiger partial charge in [-0.05, 0) is 72.2 Å². The van der Waals surface area contributed by atoms with Crippen molar-refractivity contribution in [3.8, 4) is 28.3 Å². The van der Waals surface area contributed by atoms with Crippen LogP contribution in [0.3, 0.4) is 0 Å². The second kappa shape index (κ2) is 14.0. The third-order valence-electron chi connectivity index (χ3n) is 7.13. The fourth-order valence-electron chi connectivity index (χ4n) is 4.88. The molecule has 4 rings (SSSR count). The predicted octanol–water partition coefficient (Wildman–Crippen LogP) is 10.2. The Hall–Kier alpha value is -4.28. The molecule has 0 aliphatic carbocycles. The van der Waals surface area contributed by atoms with E-state index in [0.717, 1.165) is 60.8 Å². The van der Waals surface area contributed by atoms with Gasteiger partial charge in [0.1, 0.15) is 11.6 Å². The number of halogens is 2. The Balaban J connectivity index is 1.11. The van der Waals surface area contributed by atoms with E-state index in [4.69, 9.17) is 11.8 Å². The Labute approximate surface area is 230 Å². The lowest BCUT2D eigenvalue weighted by molar-refractivity contribution is 0.576. The van der Waals surface area contributed by atoms with Gasteiger partial charge in [-0.15, -0.1) is 0 Å². The van der Waals surface area contributed by atoms with Crippen LogP contribution >= 0.6 is 0 Å². The molecular formula is C35H32F2N2. The second-order valence-corrected chi connectivity index (χ2v) is 9.95. The van der Waals surface area contributed by atoms with Crippen LogP contribution in [0.15, 0.2) is 84.9 Å². The zero-order valence-corrected chi connectivity index (χ0v) is 22.1. The van der Waals surface area contributed by atoms with Gasteiger partial charge >= 0.3 is 0 Å². The number of hydrogen-bond donors (Lipinski definition) is 0. The average molecular weight is 519 g/mol. The van der Waals surface area contributed by atoms with Gasteiger partial charge in [0, 0.05) is 11.1 Å². The molecule has 0 unspecified atom stereocenters. The third kappa shape index (κ3) is 7.86. The summed E-state index contributed by atoms with van der Waals surface area (Å²) in [7, 11) is 0. The van der Waals surface area contributed by atoms with E-state index in [1.807, 2.05) is 24.3 Å². The molecule has 0 amide bonds. The van der Waals surface area contributed by atoms with E-state index >= 15 is 0 Å². The summed E-state index contributed by atoms with van der Waals surface area (Å²) in [6, 6.07) is 27.0. The molecule has 0 saturated carbocycles. The third-order valence-corrected chi connectivity index (χ3v) is 7.13. The first-order valence-electron chi connectivity index (χ1n) is 13.6. The molecule has 0 spiro atoms. The van der Waals surface area contributed by atoms with E-state index in [0.29, 0.717) is 22.4 Å². The highest BCUT2D eigenvalue weighted by Crippen LogP contribution is 2.27. The lowest BCUT2D eigenvalue weighted by Gasteiger charge is -2.08. The molecule has 0 atom stereocenters. The number of hydrogen-bond acceptors (Lipinski definition) is 1. The van der Waals surface area contributed by atoms with Gasteiger partial charge in [-0.25, -0.2) is 13.6 Å². The molecule has 4 aromatic rings. The fraction of sp³-hybridized carbons (Fsp3) is 0.257. The molecule has 0 saturated heterocycles. The molecule has 0 N–H and O–H groups in total. The van der Waals surface area contributed by atoms with Gasteiger partial charge in [-0.1, -0.05) is 92.8 Å². The van der Waals surface area contributed by atoms with Crippen molar-refractivity contribution in [3.63, 3.8) is 0 Å². The Morgan fingerprint density at radius 3 is 1.44 bits per heavy atom. The van der Waals surface area contributed by atoms with Crippen molar-refractivity contribution in [2.75, 3.05) is 0 Å². The van der Waals surface area contributed by atoms with Gasteiger partial charge in [0.05, 0.1) is 18.2 Å². The molecule has 0 heterocycles. The first kappa shape index (κ1) is 27.7. The highest BCUT2D eigenvalue weighted by molar-refractivity contribution is 5.67. The van der Waals surface area contributed by atoms with Crippen molar-refractivity contribution in [2.24, 2.45) is 0 Å². The van der Waals surface area contributed by atoms with Gasteiger partial charge in [-0.3, -0.25) is 0 Å². The number of rotatable bonds is 12. The molecule has 0 fully saturated rings. The first-order chi connectivity index (χ1) is 19.1. The van der Waals surface area contributed by atoms with Crippen LogP contribution in [0.4, 0.5) is 14.5 Å². The summed E-state index contributed by atoms with van der Waals surface area (Å²) < 4.78 is 29.3. The Morgan fingerprint density at radius 2 is 1.03 bits per heavy atom. The monoisotopic (exact) mass is 518 g/mol. The maximum atomic E-state index is 14.6. The summed E-state index contributed by atoms with van der Waals surface area (Å²) in [6.07, 6.45) is 9.61. The molecule has 0 aromatic heterocycles. The van der Waals surface area contributed by atoms with Crippen LogP contribution in [0.1, 0.15) is 61.6 Å². The summed E-state index contributed by atoms with van der Waals surface area (Å²) in [6.45, 7) is 7.04. The fourth-order valence-corrected chi connectivity index (χ4v) is 4.88. The van der Waals surface area contributed by atoms with Gasteiger partial charge in [-0.2, -0.15) is 5.26 Å². The average Bonchev–Trinajstić information content (AvgIpc) is 2.96. The van der Waals surface area contributed by atoms with E-state index in [9.17, 15) is 8.78 Å². The highest BCUT2D eigenvalue weighted by Gasteiger charge is 2.08.